The zero-order chi connectivity index (χ0) is 10.2. The third kappa shape index (κ3) is 4.55. The molecule has 0 fully saturated rings. The van der Waals surface area contributed by atoms with E-state index in [-0.39, 0.29) is 6.10 Å². The van der Waals surface area contributed by atoms with Crippen LogP contribution in [0.1, 0.15) is 19.3 Å². The number of ether oxygens (including phenoxy) is 3. The van der Waals surface area contributed by atoms with Crippen molar-refractivity contribution in [2.75, 3.05) is 27.1 Å². The highest BCUT2D eigenvalue weighted by molar-refractivity contribution is 9.11. The molecule has 1 aliphatic carbocycles. The smallest absolute Gasteiger partial charge is 0.147 e. The van der Waals surface area contributed by atoms with Crippen LogP contribution in [0.25, 0.3) is 0 Å². The fraction of sp³-hybridized carbons (Fsp3) is 0.800. The molecule has 0 aromatic heterocycles. The van der Waals surface area contributed by atoms with Gasteiger partial charge in [-0.25, -0.2) is 0 Å². The van der Waals surface area contributed by atoms with Gasteiger partial charge in [0.15, 0.2) is 0 Å². The number of methoxy groups -OCH3 is 1. The van der Waals surface area contributed by atoms with Crippen LogP contribution in [0.3, 0.4) is 0 Å². The molecule has 4 heteroatoms. The summed E-state index contributed by atoms with van der Waals surface area (Å²) in [5.41, 5.74) is 0. The maximum Gasteiger partial charge on any atom is 0.147 e. The Morgan fingerprint density at radius 2 is 2.36 bits per heavy atom. The Labute approximate surface area is 93.5 Å². The molecule has 82 valence electrons. The van der Waals surface area contributed by atoms with Crippen LogP contribution < -0.4 is 0 Å². The summed E-state index contributed by atoms with van der Waals surface area (Å²) in [5.74, 6) is 0. The van der Waals surface area contributed by atoms with Crippen molar-refractivity contribution in [2.45, 2.75) is 25.4 Å². The van der Waals surface area contributed by atoms with Crippen molar-refractivity contribution in [3.63, 3.8) is 0 Å². The summed E-state index contributed by atoms with van der Waals surface area (Å²) in [6.07, 6.45) is 5.77. The number of allylic oxidation sites excluding steroid dienone is 1. The lowest BCUT2D eigenvalue weighted by Crippen LogP contribution is -2.18. The van der Waals surface area contributed by atoms with Gasteiger partial charge in [-0.2, -0.15) is 0 Å². The topological polar surface area (TPSA) is 27.7 Å². The van der Waals surface area contributed by atoms with Crippen LogP contribution in [-0.2, 0) is 14.2 Å². The predicted octanol–water partition coefficient (Wildman–Crippen LogP) is 2.45. The molecule has 14 heavy (non-hydrogen) atoms. The largest absolute Gasteiger partial charge is 0.382 e. The standard InChI is InChI=1S/C10H17BrO3/c1-12-6-7-13-8-14-10-5-3-2-4-9(10)11/h4,10H,2-3,5-8H2,1H3/t10-/m0/s1. The second kappa shape index (κ2) is 7.40. The lowest BCUT2D eigenvalue weighted by molar-refractivity contribution is -0.0882. The van der Waals surface area contributed by atoms with Gasteiger partial charge in [0.05, 0.1) is 19.3 Å². The van der Waals surface area contributed by atoms with Crippen molar-refractivity contribution in [2.24, 2.45) is 0 Å². The minimum Gasteiger partial charge on any atom is -0.382 e. The van der Waals surface area contributed by atoms with E-state index in [0.717, 1.165) is 17.3 Å². The minimum absolute atomic E-state index is 0.186. The summed E-state index contributed by atoms with van der Waals surface area (Å²) in [7, 11) is 1.66. The third-order valence-corrected chi connectivity index (χ3v) is 2.94. The van der Waals surface area contributed by atoms with E-state index in [9.17, 15) is 0 Å². The summed E-state index contributed by atoms with van der Waals surface area (Å²) in [4.78, 5) is 0. The van der Waals surface area contributed by atoms with Gasteiger partial charge in [-0.3, -0.25) is 0 Å². The fourth-order valence-corrected chi connectivity index (χ4v) is 1.90. The van der Waals surface area contributed by atoms with Crippen LogP contribution in [0.2, 0.25) is 0 Å². The average Bonchev–Trinajstić information content (AvgIpc) is 2.20. The molecule has 0 unspecified atom stereocenters. The zero-order valence-corrected chi connectivity index (χ0v) is 10.1. The third-order valence-electron chi connectivity index (χ3n) is 2.10. The normalized spacial score (nSPS) is 22.1. The first-order chi connectivity index (χ1) is 6.84. The molecule has 1 rings (SSSR count). The van der Waals surface area contributed by atoms with Gasteiger partial charge in [0.1, 0.15) is 6.79 Å². The van der Waals surface area contributed by atoms with E-state index >= 15 is 0 Å². The number of hydrogen-bond donors (Lipinski definition) is 0. The van der Waals surface area contributed by atoms with Gasteiger partial charge in [-0.15, -0.1) is 0 Å². The Morgan fingerprint density at radius 1 is 1.50 bits per heavy atom. The lowest BCUT2D eigenvalue weighted by Gasteiger charge is -2.20. The molecule has 0 heterocycles. The van der Waals surface area contributed by atoms with Crippen LogP contribution in [0.5, 0.6) is 0 Å². The van der Waals surface area contributed by atoms with Gasteiger partial charge in [-0.1, -0.05) is 22.0 Å². The molecule has 0 radical (unpaired) electrons. The van der Waals surface area contributed by atoms with E-state index in [0.29, 0.717) is 20.0 Å². The molecule has 0 aromatic rings. The first kappa shape index (κ1) is 12.2. The van der Waals surface area contributed by atoms with Gasteiger partial charge in [0, 0.05) is 11.6 Å². The minimum atomic E-state index is 0.186. The van der Waals surface area contributed by atoms with Crippen molar-refractivity contribution >= 4 is 15.9 Å². The average molecular weight is 265 g/mol. The van der Waals surface area contributed by atoms with E-state index in [1.54, 1.807) is 7.11 Å². The van der Waals surface area contributed by atoms with E-state index in [2.05, 4.69) is 22.0 Å². The summed E-state index contributed by atoms with van der Waals surface area (Å²) in [6.45, 7) is 1.55. The van der Waals surface area contributed by atoms with Crippen LogP contribution in [0.15, 0.2) is 10.6 Å². The summed E-state index contributed by atoms with van der Waals surface area (Å²) < 4.78 is 16.8. The summed E-state index contributed by atoms with van der Waals surface area (Å²) >= 11 is 3.49. The van der Waals surface area contributed by atoms with Crippen LogP contribution in [0.4, 0.5) is 0 Å². The van der Waals surface area contributed by atoms with Gasteiger partial charge < -0.3 is 14.2 Å². The Morgan fingerprint density at radius 3 is 3.07 bits per heavy atom. The number of halogens is 1. The van der Waals surface area contributed by atoms with Crippen molar-refractivity contribution in [3.8, 4) is 0 Å². The highest BCUT2D eigenvalue weighted by Gasteiger charge is 2.15. The SMILES string of the molecule is COCCOCO[C@H]1CCCC=C1Br. The van der Waals surface area contributed by atoms with Crippen LogP contribution in [-0.4, -0.2) is 33.2 Å². The molecule has 0 aliphatic heterocycles. The van der Waals surface area contributed by atoms with Gasteiger partial charge in [0.25, 0.3) is 0 Å². The highest BCUT2D eigenvalue weighted by Crippen LogP contribution is 2.25. The summed E-state index contributed by atoms with van der Waals surface area (Å²) in [6, 6.07) is 0. The molecule has 0 N–H and O–H groups in total. The monoisotopic (exact) mass is 264 g/mol. The molecule has 1 atom stereocenters. The van der Waals surface area contributed by atoms with E-state index in [4.69, 9.17) is 14.2 Å². The Bertz CT molecular complexity index is 182. The predicted molar refractivity (Wildman–Crippen MR) is 58.4 cm³/mol. The Kier molecular flexibility index (Phi) is 6.43. The maximum atomic E-state index is 5.55. The molecule has 1 aliphatic rings. The van der Waals surface area contributed by atoms with E-state index < -0.39 is 0 Å². The maximum absolute atomic E-state index is 5.55. The molecule has 0 saturated heterocycles. The molecule has 0 aromatic carbocycles. The van der Waals surface area contributed by atoms with Crippen LogP contribution in [0, 0.1) is 0 Å². The van der Waals surface area contributed by atoms with Crippen molar-refractivity contribution in [1.82, 2.24) is 0 Å². The molecule has 3 nitrogen and oxygen atoms in total. The van der Waals surface area contributed by atoms with E-state index in [1.807, 2.05) is 0 Å². The van der Waals surface area contributed by atoms with Crippen molar-refractivity contribution < 1.29 is 14.2 Å². The molecule has 0 amide bonds. The van der Waals surface area contributed by atoms with Gasteiger partial charge >= 0.3 is 0 Å². The molecule has 0 saturated carbocycles. The Hall–Kier alpha value is 0.100. The molecular weight excluding hydrogens is 248 g/mol. The fourth-order valence-electron chi connectivity index (χ4n) is 1.31. The van der Waals surface area contributed by atoms with E-state index in [1.165, 1.54) is 6.42 Å². The second-order valence-corrected chi connectivity index (χ2v) is 4.11. The van der Waals surface area contributed by atoms with Crippen LogP contribution >= 0.6 is 15.9 Å². The molecule has 0 bridgehead atoms. The summed E-state index contributed by atoms with van der Waals surface area (Å²) in [5, 5.41) is 0. The zero-order valence-electron chi connectivity index (χ0n) is 8.50. The first-order valence-corrected chi connectivity index (χ1v) is 5.67. The number of rotatable bonds is 6. The molecule has 0 spiro atoms. The first-order valence-electron chi connectivity index (χ1n) is 4.88. The van der Waals surface area contributed by atoms with Crippen molar-refractivity contribution in [3.05, 3.63) is 10.6 Å². The highest BCUT2D eigenvalue weighted by atomic mass is 79.9. The quantitative estimate of drug-likeness (QED) is 0.545. The number of hydrogen-bond acceptors (Lipinski definition) is 3. The Balaban J connectivity index is 2.05. The van der Waals surface area contributed by atoms with Crippen molar-refractivity contribution in [1.29, 1.82) is 0 Å². The van der Waals surface area contributed by atoms with Gasteiger partial charge in [-0.05, 0) is 19.3 Å². The lowest BCUT2D eigenvalue weighted by atomic mass is 10.1. The molecular formula is C10H17BrO3. The van der Waals surface area contributed by atoms with Gasteiger partial charge in [0.2, 0.25) is 0 Å². The second-order valence-electron chi connectivity index (χ2n) is 3.19.